The number of ether oxygens (including phenoxy) is 2. The number of hydrogen-bond donors (Lipinski definition) is 2. The first-order chi connectivity index (χ1) is 11.1. The van der Waals surface area contributed by atoms with E-state index >= 15 is 0 Å². The molecule has 0 spiro atoms. The predicted molar refractivity (Wildman–Crippen MR) is 91.0 cm³/mol. The van der Waals surface area contributed by atoms with Crippen LogP contribution in [0.4, 0.5) is 0 Å². The second kappa shape index (κ2) is 9.59. The molecule has 0 aliphatic carbocycles. The summed E-state index contributed by atoms with van der Waals surface area (Å²) in [6.07, 6.45) is 1.28. The summed E-state index contributed by atoms with van der Waals surface area (Å²) in [4.78, 5) is 24.3. The van der Waals surface area contributed by atoms with Gasteiger partial charge < -0.3 is 19.7 Å². The summed E-state index contributed by atoms with van der Waals surface area (Å²) in [5, 5.41) is 20.0. The van der Waals surface area contributed by atoms with Gasteiger partial charge in [0.15, 0.2) is 0 Å². The molecule has 0 aliphatic rings. The third-order valence-corrected chi connectivity index (χ3v) is 4.00. The average Bonchev–Trinajstić information content (AvgIpc) is 2.53. The van der Waals surface area contributed by atoms with Crippen LogP contribution in [-0.2, 0) is 19.1 Å². The number of aliphatic hydroxyl groups excluding tert-OH is 1. The molecule has 0 aromatic heterocycles. The molecule has 0 amide bonds. The summed E-state index contributed by atoms with van der Waals surface area (Å²) in [5.41, 5.74) is -1.32. The number of rotatable bonds is 11. The number of unbranched alkanes of at least 4 members (excludes halogenated alkanes) is 1. The van der Waals surface area contributed by atoms with Gasteiger partial charge in [-0.15, -0.1) is 0 Å². The van der Waals surface area contributed by atoms with E-state index in [4.69, 9.17) is 14.6 Å². The monoisotopic (exact) mass is 342 g/mol. The molecule has 0 saturated carbocycles. The minimum absolute atomic E-state index is 0.0593. The Hall–Kier alpha value is -1.66. The molecular formula is C18H30O6. The fourth-order valence-electron chi connectivity index (χ4n) is 2.28. The van der Waals surface area contributed by atoms with Gasteiger partial charge in [0, 0.05) is 24.2 Å². The maximum absolute atomic E-state index is 12.1. The fraction of sp³-hybridized carbons (Fsp3) is 0.667. The van der Waals surface area contributed by atoms with E-state index in [9.17, 15) is 14.7 Å². The third-order valence-electron chi connectivity index (χ3n) is 4.00. The van der Waals surface area contributed by atoms with Crippen LogP contribution in [-0.4, -0.2) is 40.1 Å². The summed E-state index contributed by atoms with van der Waals surface area (Å²) in [5.74, 6) is -3.37. The van der Waals surface area contributed by atoms with Crippen LogP contribution in [0.1, 0.15) is 59.8 Å². The van der Waals surface area contributed by atoms with Gasteiger partial charge in [0.25, 0.3) is 5.79 Å². The summed E-state index contributed by atoms with van der Waals surface area (Å²) in [7, 11) is 0. The Kier molecular flexibility index (Phi) is 8.93. The molecule has 0 rings (SSSR count). The highest BCUT2D eigenvalue weighted by molar-refractivity contribution is 5.89. The van der Waals surface area contributed by atoms with Crippen LogP contribution in [0.15, 0.2) is 24.3 Å². The first-order valence-corrected chi connectivity index (χ1v) is 8.20. The van der Waals surface area contributed by atoms with Crippen molar-refractivity contribution in [3.05, 3.63) is 24.3 Å². The standard InChI is InChI=1S/C18H30O6/c1-7-17(22,8-2)18(11-9-10-12-19,23-15(20)13(3)4)24-16(21)14(5)6/h19,22H,3,5,7-12H2,1-2,4,6H3. The van der Waals surface area contributed by atoms with Crippen LogP contribution in [0, 0.1) is 0 Å². The second-order valence-electron chi connectivity index (χ2n) is 6.01. The summed E-state index contributed by atoms with van der Waals surface area (Å²) in [6, 6.07) is 0. The highest BCUT2D eigenvalue weighted by atomic mass is 16.7. The van der Waals surface area contributed by atoms with Gasteiger partial charge in [-0.3, -0.25) is 0 Å². The lowest BCUT2D eigenvalue weighted by molar-refractivity contribution is -0.296. The van der Waals surface area contributed by atoms with Crippen molar-refractivity contribution < 1.29 is 29.3 Å². The number of hydrogen-bond acceptors (Lipinski definition) is 6. The van der Waals surface area contributed by atoms with Crippen LogP contribution in [0.2, 0.25) is 0 Å². The van der Waals surface area contributed by atoms with E-state index in [2.05, 4.69) is 13.2 Å². The van der Waals surface area contributed by atoms with E-state index in [1.165, 1.54) is 13.8 Å². The van der Waals surface area contributed by atoms with Gasteiger partial charge in [0.1, 0.15) is 5.60 Å². The zero-order valence-corrected chi connectivity index (χ0v) is 15.2. The topological polar surface area (TPSA) is 93.1 Å². The molecule has 0 saturated heterocycles. The van der Waals surface area contributed by atoms with Crippen LogP contribution in [0.25, 0.3) is 0 Å². The predicted octanol–water partition coefficient (Wildman–Crippen LogP) is 2.64. The normalized spacial score (nSPS) is 11.8. The van der Waals surface area contributed by atoms with Crippen molar-refractivity contribution in [1.82, 2.24) is 0 Å². The van der Waals surface area contributed by atoms with Gasteiger partial charge in [-0.2, -0.15) is 0 Å². The van der Waals surface area contributed by atoms with Gasteiger partial charge in [-0.1, -0.05) is 27.0 Å². The first-order valence-electron chi connectivity index (χ1n) is 8.20. The molecule has 0 radical (unpaired) electrons. The van der Waals surface area contributed by atoms with E-state index in [1.54, 1.807) is 13.8 Å². The lowest BCUT2D eigenvalue weighted by atomic mass is 9.83. The Bertz CT molecular complexity index is 448. The molecule has 6 heteroatoms. The largest absolute Gasteiger partial charge is 0.416 e. The number of aliphatic hydroxyl groups is 2. The van der Waals surface area contributed by atoms with E-state index in [0.29, 0.717) is 12.8 Å². The van der Waals surface area contributed by atoms with Gasteiger partial charge in [-0.05, 0) is 39.5 Å². The van der Waals surface area contributed by atoms with E-state index in [1.807, 2.05) is 0 Å². The molecule has 0 aliphatic heterocycles. The lowest BCUT2D eigenvalue weighted by Gasteiger charge is -2.44. The molecule has 2 N–H and O–H groups in total. The summed E-state index contributed by atoms with van der Waals surface area (Å²) < 4.78 is 10.9. The minimum atomic E-state index is -1.86. The van der Waals surface area contributed by atoms with Crippen molar-refractivity contribution in [2.45, 2.75) is 71.2 Å². The summed E-state index contributed by atoms with van der Waals surface area (Å²) in [6.45, 7) is 13.4. The zero-order chi connectivity index (χ0) is 19.0. The Morgan fingerprint density at radius 2 is 1.38 bits per heavy atom. The lowest BCUT2D eigenvalue weighted by Crippen LogP contribution is -2.59. The molecule has 138 valence electrons. The molecule has 0 unspecified atom stereocenters. The molecule has 0 aromatic rings. The SMILES string of the molecule is C=C(C)C(=O)OC(CCCCO)(OC(=O)C(=C)C)C(O)(CC)CC. The first kappa shape index (κ1) is 22.3. The van der Waals surface area contributed by atoms with Crippen LogP contribution >= 0.6 is 0 Å². The van der Waals surface area contributed by atoms with E-state index in [-0.39, 0.29) is 37.0 Å². The highest BCUT2D eigenvalue weighted by Gasteiger charge is 2.55. The van der Waals surface area contributed by atoms with Gasteiger partial charge in [0.2, 0.25) is 0 Å². The molecule has 0 bridgehead atoms. The van der Waals surface area contributed by atoms with Crippen molar-refractivity contribution in [3.8, 4) is 0 Å². The Labute approximate surface area is 144 Å². The Balaban J connectivity index is 5.96. The molecule has 0 aromatic carbocycles. The van der Waals surface area contributed by atoms with E-state index < -0.39 is 23.3 Å². The smallest absolute Gasteiger partial charge is 0.336 e. The minimum Gasteiger partial charge on any atom is -0.416 e. The average molecular weight is 342 g/mol. The fourth-order valence-corrected chi connectivity index (χ4v) is 2.28. The number of carbonyl (C=O) groups is 2. The van der Waals surface area contributed by atoms with Crippen LogP contribution in [0.5, 0.6) is 0 Å². The maximum Gasteiger partial charge on any atom is 0.336 e. The molecular weight excluding hydrogens is 312 g/mol. The van der Waals surface area contributed by atoms with E-state index in [0.717, 1.165) is 0 Å². The van der Waals surface area contributed by atoms with Crippen LogP contribution in [0.3, 0.4) is 0 Å². The van der Waals surface area contributed by atoms with Crippen molar-refractivity contribution in [3.63, 3.8) is 0 Å². The summed E-state index contributed by atoms with van der Waals surface area (Å²) >= 11 is 0. The molecule has 6 nitrogen and oxygen atoms in total. The molecule has 0 fully saturated rings. The third kappa shape index (κ3) is 5.46. The zero-order valence-electron chi connectivity index (χ0n) is 15.2. The molecule has 24 heavy (non-hydrogen) atoms. The van der Waals surface area contributed by atoms with Crippen molar-refractivity contribution in [2.24, 2.45) is 0 Å². The Morgan fingerprint density at radius 1 is 0.958 bits per heavy atom. The van der Waals surface area contributed by atoms with Gasteiger partial charge in [-0.25, -0.2) is 9.59 Å². The van der Waals surface area contributed by atoms with Crippen molar-refractivity contribution in [2.75, 3.05) is 6.61 Å². The quantitative estimate of drug-likeness (QED) is 0.259. The van der Waals surface area contributed by atoms with Gasteiger partial charge in [0.05, 0.1) is 0 Å². The van der Waals surface area contributed by atoms with Gasteiger partial charge >= 0.3 is 11.9 Å². The maximum atomic E-state index is 12.1. The number of esters is 2. The van der Waals surface area contributed by atoms with Crippen molar-refractivity contribution >= 4 is 11.9 Å². The molecule has 0 heterocycles. The highest BCUT2D eigenvalue weighted by Crippen LogP contribution is 2.39. The molecule has 0 atom stereocenters. The van der Waals surface area contributed by atoms with Crippen LogP contribution < -0.4 is 0 Å². The Morgan fingerprint density at radius 3 is 1.67 bits per heavy atom. The number of carbonyl (C=O) groups excluding carboxylic acids is 2. The van der Waals surface area contributed by atoms with Crippen molar-refractivity contribution in [1.29, 1.82) is 0 Å². The second-order valence-corrected chi connectivity index (χ2v) is 6.01.